The van der Waals surface area contributed by atoms with Gasteiger partial charge in [-0.1, -0.05) is 48.5 Å². The third-order valence-corrected chi connectivity index (χ3v) is 6.45. The van der Waals surface area contributed by atoms with Crippen molar-refractivity contribution in [2.75, 3.05) is 6.54 Å². The van der Waals surface area contributed by atoms with Crippen LogP contribution in [0.15, 0.2) is 72.9 Å². The first-order valence-corrected chi connectivity index (χ1v) is 11.3. The third-order valence-electron chi connectivity index (χ3n) is 6.45. The fourth-order valence-corrected chi connectivity index (χ4v) is 4.62. The first kappa shape index (κ1) is 21.8. The van der Waals surface area contributed by atoms with Gasteiger partial charge in [-0.25, -0.2) is 4.39 Å². The fraction of sp³-hybridized carbons (Fsp3) is 0.179. The molecule has 0 bridgehead atoms. The standard InChI is InChI=1S/C28H24FN3O2/c1-18-25(16-31-27(33)24-10-4-5-12-26(24)29)22-13-14-32(17-20(22)15-30-18)28(34)23-11-6-8-19-7-2-3-9-21(19)23/h2-12,15H,13-14,16-17H2,1H3,(H,31,33). The van der Waals surface area contributed by atoms with Crippen LogP contribution in [0.25, 0.3) is 10.8 Å². The van der Waals surface area contributed by atoms with Gasteiger partial charge in [-0.05, 0) is 59.0 Å². The van der Waals surface area contributed by atoms with Gasteiger partial charge in [-0.15, -0.1) is 0 Å². The number of benzene rings is 3. The smallest absolute Gasteiger partial charge is 0.254 e. The molecule has 1 aliphatic rings. The zero-order valence-electron chi connectivity index (χ0n) is 18.8. The van der Waals surface area contributed by atoms with E-state index in [9.17, 15) is 14.0 Å². The topological polar surface area (TPSA) is 62.3 Å². The molecule has 3 aromatic carbocycles. The van der Waals surface area contributed by atoms with Crippen molar-refractivity contribution < 1.29 is 14.0 Å². The van der Waals surface area contributed by atoms with Crippen molar-refractivity contribution in [2.24, 2.45) is 0 Å². The molecule has 1 N–H and O–H groups in total. The van der Waals surface area contributed by atoms with Crippen LogP contribution in [0, 0.1) is 12.7 Å². The number of carbonyl (C=O) groups is 2. The Morgan fingerprint density at radius 2 is 1.74 bits per heavy atom. The third kappa shape index (κ3) is 4.03. The fourth-order valence-electron chi connectivity index (χ4n) is 4.62. The lowest BCUT2D eigenvalue weighted by atomic mass is 9.94. The van der Waals surface area contributed by atoms with E-state index in [4.69, 9.17) is 0 Å². The van der Waals surface area contributed by atoms with E-state index in [2.05, 4.69) is 10.3 Å². The number of carbonyl (C=O) groups excluding carboxylic acids is 2. The van der Waals surface area contributed by atoms with Gasteiger partial charge < -0.3 is 10.2 Å². The Bertz CT molecular complexity index is 1410. The maximum atomic E-state index is 14.0. The van der Waals surface area contributed by atoms with Gasteiger partial charge in [0.25, 0.3) is 11.8 Å². The van der Waals surface area contributed by atoms with E-state index in [0.717, 1.165) is 33.2 Å². The second-order valence-corrected chi connectivity index (χ2v) is 8.49. The second kappa shape index (κ2) is 9.06. The van der Waals surface area contributed by atoms with E-state index < -0.39 is 11.7 Å². The molecule has 0 radical (unpaired) electrons. The lowest BCUT2D eigenvalue weighted by Gasteiger charge is -2.31. The molecule has 0 aliphatic carbocycles. The number of hydrogen-bond acceptors (Lipinski definition) is 3. The van der Waals surface area contributed by atoms with Crippen molar-refractivity contribution in [1.29, 1.82) is 0 Å². The van der Waals surface area contributed by atoms with Crippen molar-refractivity contribution in [2.45, 2.75) is 26.4 Å². The first-order valence-electron chi connectivity index (χ1n) is 11.3. The Hall–Kier alpha value is -4.06. The van der Waals surface area contributed by atoms with Gasteiger partial charge in [0, 0.05) is 37.1 Å². The average Bonchev–Trinajstić information content (AvgIpc) is 2.87. The number of rotatable bonds is 4. The van der Waals surface area contributed by atoms with Crippen LogP contribution in [-0.4, -0.2) is 28.2 Å². The monoisotopic (exact) mass is 453 g/mol. The molecule has 170 valence electrons. The molecule has 0 spiro atoms. The predicted octanol–water partition coefficient (Wildman–Crippen LogP) is 4.81. The van der Waals surface area contributed by atoms with E-state index in [0.29, 0.717) is 25.1 Å². The van der Waals surface area contributed by atoms with E-state index in [1.54, 1.807) is 12.1 Å². The molecule has 1 aromatic heterocycles. The summed E-state index contributed by atoms with van der Waals surface area (Å²) in [5.74, 6) is -1.01. The normalized spacial score (nSPS) is 12.9. The number of halogens is 1. The number of hydrogen-bond donors (Lipinski definition) is 1. The van der Waals surface area contributed by atoms with Crippen molar-refractivity contribution in [1.82, 2.24) is 15.2 Å². The quantitative estimate of drug-likeness (QED) is 0.482. The minimum Gasteiger partial charge on any atom is -0.348 e. The maximum absolute atomic E-state index is 14.0. The number of amides is 2. The molecule has 0 fully saturated rings. The molecule has 2 amide bonds. The minimum atomic E-state index is -0.549. The molecule has 4 aromatic rings. The van der Waals surface area contributed by atoms with Crippen molar-refractivity contribution in [3.63, 3.8) is 0 Å². The molecule has 5 nitrogen and oxygen atoms in total. The second-order valence-electron chi connectivity index (χ2n) is 8.49. The number of nitrogens with zero attached hydrogens (tertiary/aromatic N) is 2. The van der Waals surface area contributed by atoms with Gasteiger partial charge in [0.2, 0.25) is 0 Å². The zero-order chi connectivity index (χ0) is 23.7. The summed E-state index contributed by atoms with van der Waals surface area (Å²) in [5, 5.41) is 4.81. The minimum absolute atomic E-state index is 0.00238. The highest BCUT2D eigenvalue weighted by Crippen LogP contribution is 2.27. The summed E-state index contributed by atoms with van der Waals surface area (Å²) in [6.07, 6.45) is 2.48. The summed E-state index contributed by atoms with van der Waals surface area (Å²) in [4.78, 5) is 32.3. The molecule has 6 heteroatoms. The van der Waals surface area contributed by atoms with E-state index in [-0.39, 0.29) is 18.0 Å². The van der Waals surface area contributed by atoms with Crippen molar-refractivity contribution in [3.8, 4) is 0 Å². The summed E-state index contributed by atoms with van der Waals surface area (Å²) >= 11 is 0. The van der Waals surface area contributed by atoms with Crippen LogP contribution >= 0.6 is 0 Å². The number of pyridine rings is 1. The lowest BCUT2D eigenvalue weighted by Crippen LogP contribution is -2.37. The molecule has 0 saturated heterocycles. The average molecular weight is 454 g/mol. The highest BCUT2D eigenvalue weighted by atomic mass is 19.1. The SMILES string of the molecule is Cc1ncc2c(c1CNC(=O)c1ccccc1F)CCN(C(=O)c1cccc3ccccc13)C2. The van der Waals surface area contributed by atoms with Crippen LogP contribution in [0.2, 0.25) is 0 Å². The van der Waals surface area contributed by atoms with Crippen LogP contribution in [0.3, 0.4) is 0 Å². The molecular formula is C28H24FN3O2. The Labute approximate surface area is 197 Å². The summed E-state index contributed by atoms with van der Waals surface area (Å²) in [6, 6.07) is 19.6. The number of fused-ring (bicyclic) bond motifs is 2. The van der Waals surface area contributed by atoms with Crippen LogP contribution in [-0.2, 0) is 19.5 Å². The molecule has 5 rings (SSSR count). The first-order chi connectivity index (χ1) is 16.5. The summed E-state index contributed by atoms with van der Waals surface area (Å²) in [7, 11) is 0. The Balaban J connectivity index is 1.37. The van der Waals surface area contributed by atoms with Crippen LogP contribution in [0.5, 0.6) is 0 Å². The summed E-state index contributed by atoms with van der Waals surface area (Å²) in [6.45, 7) is 3.19. The number of aromatic nitrogens is 1. The van der Waals surface area contributed by atoms with Crippen molar-refractivity contribution in [3.05, 3.63) is 112 Å². The van der Waals surface area contributed by atoms with Crippen LogP contribution in [0.1, 0.15) is 43.1 Å². The lowest BCUT2D eigenvalue weighted by molar-refractivity contribution is 0.0736. The highest BCUT2D eigenvalue weighted by molar-refractivity contribution is 6.07. The number of aryl methyl sites for hydroxylation is 1. The molecular weight excluding hydrogens is 429 g/mol. The molecule has 0 unspecified atom stereocenters. The highest BCUT2D eigenvalue weighted by Gasteiger charge is 2.26. The summed E-state index contributed by atoms with van der Waals surface area (Å²) < 4.78 is 14.0. The van der Waals surface area contributed by atoms with Crippen LogP contribution in [0.4, 0.5) is 4.39 Å². The van der Waals surface area contributed by atoms with Gasteiger partial charge in [0.1, 0.15) is 5.82 Å². The van der Waals surface area contributed by atoms with Gasteiger partial charge in [-0.3, -0.25) is 14.6 Å². The van der Waals surface area contributed by atoms with E-state index in [1.165, 1.54) is 12.1 Å². The maximum Gasteiger partial charge on any atom is 0.254 e. The van der Waals surface area contributed by atoms with Gasteiger partial charge in [-0.2, -0.15) is 0 Å². The predicted molar refractivity (Wildman–Crippen MR) is 129 cm³/mol. The Kier molecular flexibility index (Phi) is 5.80. The Morgan fingerprint density at radius 1 is 1.00 bits per heavy atom. The van der Waals surface area contributed by atoms with E-state index >= 15 is 0 Å². The molecule has 0 atom stereocenters. The molecule has 2 heterocycles. The van der Waals surface area contributed by atoms with Gasteiger partial charge in [0.15, 0.2) is 0 Å². The van der Waals surface area contributed by atoms with Crippen molar-refractivity contribution >= 4 is 22.6 Å². The molecule has 1 aliphatic heterocycles. The zero-order valence-corrected chi connectivity index (χ0v) is 18.8. The van der Waals surface area contributed by atoms with Crippen LogP contribution < -0.4 is 5.32 Å². The van der Waals surface area contributed by atoms with Gasteiger partial charge in [0.05, 0.1) is 5.56 Å². The number of nitrogens with one attached hydrogen (secondary N) is 1. The largest absolute Gasteiger partial charge is 0.348 e. The molecule has 0 saturated carbocycles. The van der Waals surface area contributed by atoms with Gasteiger partial charge >= 0.3 is 0 Å². The molecule has 34 heavy (non-hydrogen) atoms. The Morgan fingerprint density at radius 3 is 2.59 bits per heavy atom. The van der Waals surface area contributed by atoms with E-state index in [1.807, 2.05) is 60.5 Å². The summed E-state index contributed by atoms with van der Waals surface area (Å²) in [5.41, 5.74) is 4.54.